The molecule has 1 aliphatic rings. The van der Waals surface area contributed by atoms with Crippen LogP contribution >= 0.6 is 0 Å². The molecular weight excluding hydrogens is 202 g/mol. The number of benzene rings is 1. The van der Waals surface area contributed by atoms with E-state index in [1.165, 1.54) is 11.1 Å². The lowest BCUT2D eigenvalue weighted by Crippen LogP contribution is -2.43. The van der Waals surface area contributed by atoms with E-state index in [1.54, 1.807) is 0 Å². The maximum absolute atomic E-state index is 10.9. The van der Waals surface area contributed by atoms with Gasteiger partial charge in [-0.3, -0.25) is 4.79 Å². The van der Waals surface area contributed by atoms with Crippen LogP contribution in [0.5, 0.6) is 0 Å². The molecule has 0 saturated heterocycles. The monoisotopic (exact) mass is 219 g/mol. The van der Waals surface area contributed by atoms with Crippen LogP contribution in [-0.4, -0.2) is 17.1 Å². The number of aryl methyl sites for hydroxylation is 1. The molecule has 0 radical (unpaired) electrons. The van der Waals surface area contributed by atoms with Crippen LogP contribution in [0.3, 0.4) is 0 Å². The number of carboxylic acid groups (broad SMARTS) is 1. The second-order valence-corrected chi connectivity index (χ2v) is 4.52. The molecule has 16 heavy (non-hydrogen) atoms. The lowest BCUT2D eigenvalue weighted by atomic mass is 9.79. The largest absolute Gasteiger partial charge is 0.481 e. The number of rotatable bonds is 3. The topological polar surface area (TPSA) is 49.3 Å². The van der Waals surface area contributed by atoms with Crippen molar-refractivity contribution in [2.75, 3.05) is 5.32 Å². The third kappa shape index (κ3) is 1.90. The Morgan fingerprint density at radius 1 is 1.38 bits per heavy atom. The van der Waals surface area contributed by atoms with Crippen molar-refractivity contribution in [3.8, 4) is 0 Å². The summed E-state index contributed by atoms with van der Waals surface area (Å²) in [7, 11) is 0. The zero-order valence-electron chi connectivity index (χ0n) is 9.66. The Morgan fingerprint density at radius 2 is 2.12 bits per heavy atom. The Labute approximate surface area is 95.5 Å². The smallest absolute Gasteiger partial charge is 0.308 e. The standard InChI is InChI=1S/C13H17NO2/c1-8-4-3-5-11(9(8)2)14-12-7-6-10(12)13(15)16/h3-5,10,12,14H,6-7H2,1-2H3,(H,15,16). The molecule has 1 aromatic carbocycles. The summed E-state index contributed by atoms with van der Waals surface area (Å²) in [6, 6.07) is 6.17. The summed E-state index contributed by atoms with van der Waals surface area (Å²) in [5, 5.41) is 12.3. The quantitative estimate of drug-likeness (QED) is 0.821. The van der Waals surface area contributed by atoms with E-state index in [0.29, 0.717) is 0 Å². The van der Waals surface area contributed by atoms with E-state index in [9.17, 15) is 4.79 Å². The van der Waals surface area contributed by atoms with Crippen molar-refractivity contribution in [2.24, 2.45) is 5.92 Å². The molecule has 0 bridgehead atoms. The molecule has 1 fully saturated rings. The van der Waals surface area contributed by atoms with Gasteiger partial charge in [-0.2, -0.15) is 0 Å². The maximum Gasteiger partial charge on any atom is 0.308 e. The molecule has 0 aliphatic heterocycles. The Hall–Kier alpha value is -1.51. The number of hydrogen-bond acceptors (Lipinski definition) is 2. The highest BCUT2D eigenvalue weighted by Gasteiger charge is 2.36. The number of anilines is 1. The third-order valence-electron chi connectivity index (χ3n) is 3.54. The minimum atomic E-state index is -0.686. The maximum atomic E-state index is 10.9. The second-order valence-electron chi connectivity index (χ2n) is 4.52. The number of hydrogen-bond donors (Lipinski definition) is 2. The van der Waals surface area contributed by atoms with Crippen LogP contribution in [0.4, 0.5) is 5.69 Å². The van der Waals surface area contributed by atoms with Crippen molar-refractivity contribution in [3.63, 3.8) is 0 Å². The molecule has 0 amide bonds. The molecule has 0 spiro atoms. The predicted octanol–water partition coefficient (Wildman–Crippen LogP) is 2.58. The van der Waals surface area contributed by atoms with Crippen LogP contribution in [0.15, 0.2) is 18.2 Å². The van der Waals surface area contributed by atoms with Crippen LogP contribution in [-0.2, 0) is 4.79 Å². The summed E-state index contributed by atoms with van der Waals surface area (Å²) < 4.78 is 0. The number of aliphatic carboxylic acids is 1. The molecule has 3 heteroatoms. The first-order valence-corrected chi connectivity index (χ1v) is 5.65. The lowest BCUT2D eigenvalue weighted by Gasteiger charge is -2.35. The average molecular weight is 219 g/mol. The van der Waals surface area contributed by atoms with Gasteiger partial charge in [-0.25, -0.2) is 0 Å². The van der Waals surface area contributed by atoms with E-state index in [1.807, 2.05) is 12.1 Å². The summed E-state index contributed by atoms with van der Waals surface area (Å²) in [5.41, 5.74) is 3.51. The van der Waals surface area contributed by atoms with E-state index < -0.39 is 5.97 Å². The van der Waals surface area contributed by atoms with Crippen LogP contribution in [0.2, 0.25) is 0 Å². The van der Waals surface area contributed by atoms with E-state index in [4.69, 9.17) is 5.11 Å². The molecule has 1 aromatic rings. The van der Waals surface area contributed by atoms with Crippen LogP contribution in [0, 0.1) is 19.8 Å². The van der Waals surface area contributed by atoms with Gasteiger partial charge in [0, 0.05) is 11.7 Å². The van der Waals surface area contributed by atoms with Crippen molar-refractivity contribution in [3.05, 3.63) is 29.3 Å². The molecular formula is C13H17NO2. The first kappa shape index (κ1) is 11.0. The van der Waals surface area contributed by atoms with Gasteiger partial charge in [0.15, 0.2) is 0 Å². The molecule has 2 rings (SSSR count). The van der Waals surface area contributed by atoms with Gasteiger partial charge in [0.05, 0.1) is 5.92 Å². The van der Waals surface area contributed by atoms with Gasteiger partial charge in [-0.1, -0.05) is 12.1 Å². The van der Waals surface area contributed by atoms with Crippen LogP contribution < -0.4 is 5.32 Å². The minimum absolute atomic E-state index is 0.0954. The average Bonchev–Trinajstić information content (AvgIpc) is 2.17. The van der Waals surface area contributed by atoms with Crippen molar-refractivity contribution in [2.45, 2.75) is 32.7 Å². The summed E-state index contributed by atoms with van der Waals surface area (Å²) in [4.78, 5) is 10.9. The summed E-state index contributed by atoms with van der Waals surface area (Å²) in [6.45, 7) is 4.13. The van der Waals surface area contributed by atoms with Crippen molar-refractivity contribution in [1.29, 1.82) is 0 Å². The highest BCUT2D eigenvalue weighted by atomic mass is 16.4. The predicted molar refractivity (Wildman–Crippen MR) is 63.7 cm³/mol. The Kier molecular flexibility index (Phi) is 2.86. The zero-order valence-corrected chi connectivity index (χ0v) is 9.66. The Balaban J connectivity index is 2.10. The van der Waals surface area contributed by atoms with Crippen LogP contribution in [0.25, 0.3) is 0 Å². The van der Waals surface area contributed by atoms with E-state index in [-0.39, 0.29) is 12.0 Å². The summed E-state index contributed by atoms with van der Waals surface area (Å²) in [5.74, 6) is -0.908. The fourth-order valence-electron chi connectivity index (χ4n) is 2.08. The molecule has 1 aliphatic carbocycles. The van der Waals surface area contributed by atoms with Crippen molar-refractivity contribution >= 4 is 11.7 Å². The van der Waals surface area contributed by atoms with Crippen LogP contribution in [0.1, 0.15) is 24.0 Å². The number of nitrogens with one attached hydrogen (secondary N) is 1. The second kappa shape index (κ2) is 4.16. The summed E-state index contributed by atoms with van der Waals surface area (Å²) in [6.07, 6.45) is 1.74. The first-order chi connectivity index (χ1) is 7.59. The van der Waals surface area contributed by atoms with E-state index >= 15 is 0 Å². The van der Waals surface area contributed by atoms with Gasteiger partial charge in [0.25, 0.3) is 0 Å². The molecule has 0 heterocycles. The van der Waals surface area contributed by atoms with Gasteiger partial charge in [-0.05, 0) is 43.9 Å². The van der Waals surface area contributed by atoms with E-state index in [0.717, 1.165) is 18.5 Å². The molecule has 1 saturated carbocycles. The van der Waals surface area contributed by atoms with E-state index in [2.05, 4.69) is 25.2 Å². The molecule has 3 nitrogen and oxygen atoms in total. The fourth-order valence-corrected chi connectivity index (χ4v) is 2.08. The highest BCUT2D eigenvalue weighted by molar-refractivity contribution is 5.73. The van der Waals surface area contributed by atoms with Gasteiger partial charge < -0.3 is 10.4 Å². The van der Waals surface area contributed by atoms with Gasteiger partial charge in [0.2, 0.25) is 0 Å². The number of carboxylic acids is 1. The molecule has 0 aromatic heterocycles. The third-order valence-corrected chi connectivity index (χ3v) is 3.54. The molecule has 2 atom stereocenters. The van der Waals surface area contributed by atoms with Gasteiger partial charge >= 0.3 is 5.97 Å². The van der Waals surface area contributed by atoms with Crippen molar-refractivity contribution in [1.82, 2.24) is 0 Å². The molecule has 2 unspecified atom stereocenters. The summed E-state index contributed by atoms with van der Waals surface area (Å²) >= 11 is 0. The lowest BCUT2D eigenvalue weighted by molar-refractivity contribution is -0.144. The molecule has 2 N–H and O–H groups in total. The SMILES string of the molecule is Cc1cccc(NC2CCC2C(=O)O)c1C. The fraction of sp³-hybridized carbons (Fsp3) is 0.462. The minimum Gasteiger partial charge on any atom is -0.481 e. The Bertz CT molecular complexity index is 414. The van der Waals surface area contributed by atoms with Crippen molar-refractivity contribution < 1.29 is 9.90 Å². The highest BCUT2D eigenvalue weighted by Crippen LogP contribution is 2.31. The first-order valence-electron chi connectivity index (χ1n) is 5.65. The van der Waals surface area contributed by atoms with Gasteiger partial charge in [0.1, 0.15) is 0 Å². The Morgan fingerprint density at radius 3 is 2.69 bits per heavy atom. The molecule has 86 valence electrons. The van der Waals surface area contributed by atoms with Gasteiger partial charge in [-0.15, -0.1) is 0 Å². The number of carbonyl (C=O) groups is 1. The normalized spacial score (nSPS) is 23.6. The zero-order chi connectivity index (χ0) is 11.7.